The average molecular weight is 635 g/mol. The lowest BCUT2D eigenvalue weighted by Crippen LogP contribution is -2.35. The van der Waals surface area contributed by atoms with Gasteiger partial charge in [-0.25, -0.2) is 0 Å². The lowest BCUT2D eigenvalue weighted by molar-refractivity contribution is 0.000994. The fourth-order valence-corrected chi connectivity index (χ4v) is 3.14. The lowest BCUT2D eigenvalue weighted by Gasteiger charge is -2.26. The number of benzene rings is 2. The molecule has 0 N–H and O–H groups in total. The van der Waals surface area contributed by atoms with Gasteiger partial charge in [-0.1, -0.05) is 68.4 Å². The summed E-state index contributed by atoms with van der Waals surface area (Å²) in [6.45, 7) is 5.29. The van der Waals surface area contributed by atoms with Crippen LogP contribution in [-0.2, 0) is 4.74 Å². The van der Waals surface area contributed by atoms with Gasteiger partial charge in [0.05, 0.1) is 20.1 Å². The predicted octanol–water partition coefficient (Wildman–Crippen LogP) is 6.85. The zero-order chi connectivity index (χ0) is 19.8. The third kappa shape index (κ3) is 8.51. The minimum Gasteiger partial charge on any atom is -0.492 e. The molecule has 4 unspecified atom stereocenters. The van der Waals surface area contributed by atoms with Gasteiger partial charge in [0.2, 0.25) is 0 Å². The fraction of sp³-hybridized carbons (Fsp3) is 0.400. The molecule has 0 saturated carbocycles. The molecular formula is C20H22Cl2I2O3. The Kier molecular flexibility index (Phi) is 10.3. The molecule has 0 fully saturated rings. The van der Waals surface area contributed by atoms with Crippen LogP contribution in [0.2, 0.25) is 10.0 Å². The number of hydrogen-bond donors (Lipinski definition) is 0. The molecule has 0 amide bonds. The van der Waals surface area contributed by atoms with E-state index in [1.54, 1.807) is 0 Å². The van der Waals surface area contributed by atoms with E-state index in [1.807, 2.05) is 48.5 Å². The predicted molar refractivity (Wildman–Crippen MR) is 130 cm³/mol. The van der Waals surface area contributed by atoms with Crippen molar-refractivity contribution < 1.29 is 14.2 Å². The van der Waals surface area contributed by atoms with Gasteiger partial charge in [0, 0.05) is 10.0 Å². The summed E-state index contributed by atoms with van der Waals surface area (Å²) < 4.78 is 18.3. The van der Waals surface area contributed by atoms with Gasteiger partial charge in [-0.15, -0.1) is 0 Å². The molecule has 3 nitrogen and oxygen atoms in total. The first-order valence-electron chi connectivity index (χ1n) is 8.55. The highest BCUT2D eigenvalue weighted by atomic mass is 127. The minimum absolute atomic E-state index is 0.0562. The highest BCUT2D eigenvalue weighted by Crippen LogP contribution is 2.22. The molecule has 148 valence electrons. The maximum Gasteiger partial charge on any atom is 0.119 e. The van der Waals surface area contributed by atoms with Gasteiger partial charge in [-0.05, 0) is 62.4 Å². The third-order valence-corrected chi connectivity index (χ3v) is 7.14. The summed E-state index contributed by atoms with van der Waals surface area (Å²) in [5.74, 6) is 1.62. The molecule has 27 heavy (non-hydrogen) atoms. The molecule has 4 atom stereocenters. The van der Waals surface area contributed by atoms with Crippen molar-refractivity contribution in [3.8, 4) is 11.5 Å². The molecule has 0 radical (unpaired) electrons. The first-order chi connectivity index (χ1) is 12.8. The molecule has 2 rings (SSSR count). The van der Waals surface area contributed by atoms with Crippen molar-refractivity contribution in [2.75, 3.05) is 13.2 Å². The average Bonchev–Trinajstić information content (AvgIpc) is 2.66. The zero-order valence-corrected chi connectivity index (χ0v) is 20.9. The number of alkyl halides is 2. The third-order valence-electron chi connectivity index (χ3n) is 3.89. The van der Waals surface area contributed by atoms with Crippen molar-refractivity contribution in [3.63, 3.8) is 0 Å². The van der Waals surface area contributed by atoms with E-state index >= 15 is 0 Å². The van der Waals surface area contributed by atoms with E-state index in [-0.39, 0.29) is 20.1 Å². The van der Waals surface area contributed by atoms with Gasteiger partial charge < -0.3 is 14.2 Å². The van der Waals surface area contributed by atoms with E-state index in [4.69, 9.17) is 37.4 Å². The smallest absolute Gasteiger partial charge is 0.119 e. The topological polar surface area (TPSA) is 27.7 Å². The minimum atomic E-state index is 0.0562. The summed E-state index contributed by atoms with van der Waals surface area (Å²) in [5.41, 5.74) is 0. The second-order valence-corrected chi connectivity index (χ2v) is 10.2. The fourth-order valence-electron chi connectivity index (χ4n) is 2.19. The molecule has 0 bridgehead atoms. The van der Waals surface area contributed by atoms with Crippen LogP contribution in [0.4, 0.5) is 0 Å². The maximum atomic E-state index is 6.17. The molecule has 0 aliphatic rings. The molecule has 0 aromatic heterocycles. The van der Waals surface area contributed by atoms with Crippen LogP contribution >= 0.6 is 68.4 Å². The molecule has 0 aliphatic heterocycles. The van der Waals surface area contributed by atoms with Crippen molar-refractivity contribution >= 4 is 68.4 Å². The zero-order valence-electron chi connectivity index (χ0n) is 15.1. The second kappa shape index (κ2) is 11.9. The molecule has 0 saturated heterocycles. The highest BCUT2D eigenvalue weighted by molar-refractivity contribution is 14.1. The van der Waals surface area contributed by atoms with Gasteiger partial charge in [0.1, 0.15) is 24.7 Å². The molecule has 0 spiro atoms. The number of hydrogen-bond acceptors (Lipinski definition) is 3. The van der Waals surface area contributed by atoms with Crippen LogP contribution in [0.25, 0.3) is 0 Å². The van der Waals surface area contributed by atoms with E-state index in [2.05, 4.69) is 59.0 Å². The van der Waals surface area contributed by atoms with Crippen LogP contribution in [0.5, 0.6) is 11.5 Å². The first-order valence-corrected chi connectivity index (χ1v) is 11.8. The SMILES string of the molecule is CC(OC(C)C(I)COc1ccc(Cl)cc1)C(I)COc1ccc(Cl)cc1. The molecule has 0 aliphatic carbocycles. The summed E-state index contributed by atoms with van der Waals surface area (Å²) >= 11 is 16.5. The van der Waals surface area contributed by atoms with Gasteiger partial charge in [-0.2, -0.15) is 0 Å². The van der Waals surface area contributed by atoms with Crippen LogP contribution in [0.3, 0.4) is 0 Å². The summed E-state index contributed by atoms with van der Waals surface area (Å²) in [6.07, 6.45) is 0.112. The van der Waals surface area contributed by atoms with E-state index < -0.39 is 0 Å². The van der Waals surface area contributed by atoms with Crippen LogP contribution in [-0.4, -0.2) is 33.3 Å². The van der Waals surface area contributed by atoms with Crippen LogP contribution in [0, 0.1) is 0 Å². The summed E-state index contributed by atoms with van der Waals surface area (Å²) in [7, 11) is 0. The van der Waals surface area contributed by atoms with Crippen LogP contribution in [0.15, 0.2) is 48.5 Å². The normalized spacial score (nSPS) is 15.6. The second-order valence-electron chi connectivity index (χ2n) is 6.11. The Morgan fingerprint density at radius 1 is 0.704 bits per heavy atom. The van der Waals surface area contributed by atoms with Gasteiger partial charge >= 0.3 is 0 Å². The Bertz CT molecular complexity index is 623. The van der Waals surface area contributed by atoms with E-state index in [0.717, 1.165) is 11.5 Å². The summed E-state index contributed by atoms with van der Waals surface area (Å²) in [4.78, 5) is 0. The van der Waals surface area contributed by atoms with Gasteiger partial charge in [0.25, 0.3) is 0 Å². The first kappa shape index (κ1) is 23.3. The Morgan fingerprint density at radius 3 is 1.37 bits per heavy atom. The lowest BCUT2D eigenvalue weighted by atomic mass is 10.2. The molecule has 7 heteroatoms. The molecular weight excluding hydrogens is 613 g/mol. The highest BCUT2D eigenvalue weighted by Gasteiger charge is 2.22. The number of rotatable bonds is 10. The number of halogens is 4. The Labute approximate surface area is 198 Å². The Morgan fingerprint density at radius 2 is 1.04 bits per heavy atom. The largest absolute Gasteiger partial charge is 0.492 e. The quantitative estimate of drug-likeness (QED) is 0.211. The summed E-state index contributed by atoms with van der Waals surface area (Å²) in [5, 5.41) is 1.40. The molecule has 2 aromatic carbocycles. The van der Waals surface area contributed by atoms with Crippen molar-refractivity contribution in [1.82, 2.24) is 0 Å². The van der Waals surface area contributed by atoms with Crippen molar-refractivity contribution in [2.45, 2.75) is 33.9 Å². The van der Waals surface area contributed by atoms with Crippen molar-refractivity contribution in [1.29, 1.82) is 0 Å². The van der Waals surface area contributed by atoms with E-state index in [0.29, 0.717) is 23.3 Å². The summed E-state index contributed by atoms with van der Waals surface area (Å²) in [6, 6.07) is 14.8. The Hall–Kier alpha value is 0.0400. The van der Waals surface area contributed by atoms with Crippen molar-refractivity contribution in [2.24, 2.45) is 0 Å². The van der Waals surface area contributed by atoms with Gasteiger partial charge in [0.15, 0.2) is 0 Å². The van der Waals surface area contributed by atoms with E-state index in [9.17, 15) is 0 Å². The standard InChI is InChI=1S/C20H22Cl2I2O3/c1-13(19(23)11-25-17-7-3-15(21)4-8-17)27-14(2)20(24)12-26-18-9-5-16(22)6-10-18/h3-10,13-14,19-20H,11-12H2,1-2H3. The maximum absolute atomic E-state index is 6.17. The Balaban J connectivity index is 1.72. The van der Waals surface area contributed by atoms with Gasteiger partial charge in [-0.3, -0.25) is 0 Å². The van der Waals surface area contributed by atoms with Crippen molar-refractivity contribution in [3.05, 3.63) is 58.6 Å². The van der Waals surface area contributed by atoms with E-state index in [1.165, 1.54) is 0 Å². The van der Waals surface area contributed by atoms with Crippen LogP contribution < -0.4 is 9.47 Å². The molecule has 2 aromatic rings. The monoisotopic (exact) mass is 634 g/mol. The van der Waals surface area contributed by atoms with Crippen LogP contribution in [0.1, 0.15) is 13.8 Å². The molecule has 0 heterocycles. The number of ether oxygens (including phenoxy) is 3.